The standard InChI is InChI=1S/C14H18N2O2/c17-13-6-2-1-5-12-11(13)8-15-14(16-12)10-4-3-7-18-9-10/h8,10H,1-7,9H2. The van der Waals surface area contributed by atoms with Gasteiger partial charge in [-0.1, -0.05) is 0 Å². The molecular formula is C14H18N2O2. The Bertz CT molecular complexity index is 453. The Morgan fingerprint density at radius 3 is 2.94 bits per heavy atom. The van der Waals surface area contributed by atoms with Crippen molar-refractivity contribution >= 4 is 5.78 Å². The molecule has 0 radical (unpaired) electrons. The van der Waals surface area contributed by atoms with Crippen LogP contribution in [0.4, 0.5) is 0 Å². The van der Waals surface area contributed by atoms with Gasteiger partial charge in [0.1, 0.15) is 5.82 Å². The van der Waals surface area contributed by atoms with E-state index < -0.39 is 0 Å². The highest BCUT2D eigenvalue weighted by molar-refractivity contribution is 5.97. The molecule has 3 rings (SSSR count). The van der Waals surface area contributed by atoms with E-state index in [4.69, 9.17) is 4.74 Å². The Labute approximate surface area is 107 Å². The molecule has 0 amide bonds. The van der Waals surface area contributed by atoms with Gasteiger partial charge in [-0.05, 0) is 32.1 Å². The second-order valence-corrected chi connectivity index (χ2v) is 5.13. The van der Waals surface area contributed by atoms with E-state index in [1.165, 1.54) is 0 Å². The topological polar surface area (TPSA) is 52.1 Å². The molecule has 0 N–H and O–H groups in total. The number of nitrogens with zero attached hydrogens (tertiary/aromatic N) is 2. The lowest BCUT2D eigenvalue weighted by Crippen LogP contribution is -2.19. The number of fused-ring (bicyclic) bond motifs is 1. The maximum atomic E-state index is 11.9. The first-order valence-corrected chi connectivity index (χ1v) is 6.81. The van der Waals surface area contributed by atoms with E-state index in [1.54, 1.807) is 6.20 Å². The van der Waals surface area contributed by atoms with Crippen molar-refractivity contribution in [2.75, 3.05) is 13.2 Å². The number of carbonyl (C=O) groups is 1. The van der Waals surface area contributed by atoms with Crippen molar-refractivity contribution in [2.24, 2.45) is 0 Å². The highest BCUT2D eigenvalue weighted by Crippen LogP contribution is 2.25. The molecule has 4 heteroatoms. The van der Waals surface area contributed by atoms with Gasteiger partial charge >= 0.3 is 0 Å². The summed E-state index contributed by atoms with van der Waals surface area (Å²) in [5.41, 5.74) is 1.70. The third kappa shape index (κ3) is 2.29. The Balaban J connectivity index is 1.89. The molecule has 4 nitrogen and oxygen atoms in total. The lowest BCUT2D eigenvalue weighted by molar-refractivity contribution is 0.0779. The van der Waals surface area contributed by atoms with Gasteiger partial charge in [0.05, 0.1) is 17.9 Å². The molecule has 0 bridgehead atoms. The summed E-state index contributed by atoms with van der Waals surface area (Å²) in [6, 6.07) is 0. The quantitative estimate of drug-likeness (QED) is 0.713. The number of carbonyl (C=O) groups excluding carboxylic acids is 1. The van der Waals surface area contributed by atoms with Crippen LogP contribution in [0.15, 0.2) is 6.20 Å². The number of hydrogen-bond donors (Lipinski definition) is 0. The predicted octanol–water partition coefficient (Wildman–Crippen LogP) is 2.28. The zero-order chi connectivity index (χ0) is 12.4. The minimum atomic E-state index is 0.203. The molecule has 1 fully saturated rings. The van der Waals surface area contributed by atoms with E-state index in [2.05, 4.69) is 9.97 Å². The van der Waals surface area contributed by atoms with Crippen LogP contribution in [0.1, 0.15) is 59.9 Å². The van der Waals surface area contributed by atoms with E-state index in [0.717, 1.165) is 55.8 Å². The summed E-state index contributed by atoms with van der Waals surface area (Å²) in [6.07, 6.45) is 7.47. The van der Waals surface area contributed by atoms with Crippen molar-refractivity contribution in [3.05, 3.63) is 23.3 Å². The summed E-state index contributed by atoms with van der Waals surface area (Å²) in [4.78, 5) is 20.9. The van der Waals surface area contributed by atoms with Gasteiger partial charge in [0.25, 0.3) is 0 Å². The van der Waals surface area contributed by atoms with Crippen LogP contribution >= 0.6 is 0 Å². The van der Waals surface area contributed by atoms with E-state index in [-0.39, 0.29) is 5.78 Å². The number of aromatic nitrogens is 2. The largest absolute Gasteiger partial charge is 0.381 e. The highest BCUT2D eigenvalue weighted by Gasteiger charge is 2.22. The van der Waals surface area contributed by atoms with E-state index in [0.29, 0.717) is 18.9 Å². The molecule has 0 saturated carbocycles. The molecular weight excluding hydrogens is 228 g/mol. The normalized spacial score (nSPS) is 24.4. The van der Waals surface area contributed by atoms with Gasteiger partial charge in [0.2, 0.25) is 0 Å². The minimum Gasteiger partial charge on any atom is -0.381 e. The first-order valence-electron chi connectivity index (χ1n) is 6.81. The summed E-state index contributed by atoms with van der Waals surface area (Å²) in [5.74, 6) is 1.37. The van der Waals surface area contributed by atoms with Crippen LogP contribution in [0.25, 0.3) is 0 Å². The molecule has 18 heavy (non-hydrogen) atoms. The smallest absolute Gasteiger partial charge is 0.166 e. The van der Waals surface area contributed by atoms with E-state index in [9.17, 15) is 4.79 Å². The Morgan fingerprint density at radius 1 is 1.22 bits per heavy atom. The van der Waals surface area contributed by atoms with Crippen LogP contribution in [-0.4, -0.2) is 29.0 Å². The average molecular weight is 246 g/mol. The first-order chi connectivity index (χ1) is 8.84. The lowest BCUT2D eigenvalue weighted by Gasteiger charge is -2.21. The van der Waals surface area contributed by atoms with Gasteiger partial charge in [-0.25, -0.2) is 9.97 Å². The van der Waals surface area contributed by atoms with E-state index >= 15 is 0 Å². The third-order valence-corrected chi connectivity index (χ3v) is 3.78. The maximum Gasteiger partial charge on any atom is 0.166 e. The zero-order valence-corrected chi connectivity index (χ0v) is 10.5. The monoisotopic (exact) mass is 246 g/mol. The molecule has 1 aliphatic carbocycles. The molecule has 0 spiro atoms. The summed E-state index contributed by atoms with van der Waals surface area (Å²) in [7, 11) is 0. The highest BCUT2D eigenvalue weighted by atomic mass is 16.5. The van der Waals surface area contributed by atoms with Crippen molar-refractivity contribution in [3.63, 3.8) is 0 Å². The summed E-state index contributed by atoms with van der Waals surface area (Å²) >= 11 is 0. The second-order valence-electron chi connectivity index (χ2n) is 5.13. The SMILES string of the molecule is O=C1CCCCc2nc(C3CCCOC3)ncc21. The predicted molar refractivity (Wildman–Crippen MR) is 66.7 cm³/mol. The van der Waals surface area contributed by atoms with Crippen molar-refractivity contribution in [1.82, 2.24) is 9.97 Å². The van der Waals surface area contributed by atoms with Gasteiger partial charge in [-0.2, -0.15) is 0 Å². The van der Waals surface area contributed by atoms with Crippen LogP contribution in [0, 0.1) is 0 Å². The fourth-order valence-corrected chi connectivity index (χ4v) is 2.71. The first kappa shape index (κ1) is 11.8. The van der Waals surface area contributed by atoms with Gasteiger partial charge in [-0.15, -0.1) is 0 Å². The fraction of sp³-hybridized carbons (Fsp3) is 0.643. The van der Waals surface area contributed by atoms with Gasteiger partial charge in [-0.3, -0.25) is 4.79 Å². The molecule has 2 aliphatic rings. The summed E-state index contributed by atoms with van der Waals surface area (Å²) in [5, 5.41) is 0. The molecule has 2 heterocycles. The van der Waals surface area contributed by atoms with Gasteiger partial charge in [0.15, 0.2) is 5.78 Å². The molecule has 1 aromatic rings. The number of ketones is 1. The number of Topliss-reactive ketones (excluding diaryl/α,β-unsaturated/α-hetero) is 1. The van der Waals surface area contributed by atoms with Crippen LogP contribution in [0.5, 0.6) is 0 Å². The molecule has 1 aliphatic heterocycles. The Kier molecular flexibility index (Phi) is 3.37. The lowest BCUT2D eigenvalue weighted by atomic mass is 10.0. The molecule has 1 aromatic heterocycles. The molecule has 96 valence electrons. The molecule has 1 saturated heterocycles. The third-order valence-electron chi connectivity index (χ3n) is 3.78. The maximum absolute atomic E-state index is 11.9. The van der Waals surface area contributed by atoms with Crippen LogP contribution in [-0.2, 0) is 11.2 Å². The van der Waals surface area contributed by atoms with Crippen LogP contribution in [0.3, 0.4) is 0 Å². The molecule has 0 aromatic carbocycles. The number of rotatable bonds is 1. The Morgan fingerprint density at radius 2 is 2.11 bits per heavy atom. The van der Waals surface area contributed by atoms with Crippen LogP contribution in [0.2, 0.25) is 0 Å². The molecule has 1 atom stereocenters. The number of ether oxygens (including phenoxy) is 1. The van der Waals surface area contributed by atoms with E-state index in [1.807, 2.05) is 0 Å². The van der Waals surface area contributed by atoms with Crippen molar-refractivity contribution < 1.29 is 9.53 Å². The van der Waals surface area contributed by atoms with Gasteiger partial charge < -0.3 is 4.74 Å². The number of aryl methyl sites for hydroxylation is 1. The van der Waals surface area contributed by atoms with Crippen molar-refractivity contribution in [1.29, 1.82) is 0 Å². The average Bonchev–Trinajstić information content (AvgIpc) is 2.61. The zero-order valence-electron chi connectivity index (χ0n) is 10.5. The van der Waals surface area contributed by atoms with Crippen molar-refractivity contribution in [3.8, 4) is 0 Å². The van der Waals surface area contributed by atoms with Gasteiger partial charge in [0, 0.05) is 25.1 Å². The summed E-state index contributed by atoms with van der Waals surface area (Å²) in [6.45, 7) is 1.56. The fourth-order valence-electron chi connectivity index (χ4n) is 2.71. The second kappa shape index (κ2) is 5.14. The summed E-state index contributed by atoms with van der Waals surface area (Å²) < 4.78 is 5.48. The van der Waals surface area contributed by atoms with Crippen LogP contribution < -0.4 is 0 Å². The minimum absolute atomic E-state index is 0.203. The number of hydrogen-bond acceptors (Lipinski definition) is 4. The molecule has 1 unspecified atom stereocenters. The Hall–Kier alpha value is -1.29. The van der Waals surface area contributed by atoms with Crippen molar-refractivity contribution in [2.45, 2.75) is 44.4 Å².